The van der Waals surface area contributed by atoms with Crippen LogP contribution in [0.4, 0.5) is 0 Å². The van der Waals surface area contributed by atoms with Crippen molar-refractivity contribution >= 4 is 12.1 Å². The van der Waals surface area contributed by atoms with Gasteiger partial charge in [0.15, 0.2) is 6.61 Å². The van der Waals surface area contributed by atoms with E-state index in [1.165, 1.54) is 5.56 Å². The van der Waals surface area contributed by atoms with Gasteiger partial charge < -0.3 is 9.47 Å². The zero-order valence-corrected chi connectivity index (χ0v) is 18.2. The number of hydrogen-bond donors (Lipinski definition) is 1. The molecular weight excluding hydrogens is 388 g/mol. The first kappa shape index (κ1) is 22.1. The molecule has 0 aliphatic carbocycles. The van der Waals surface area contributed by atoms with E-state index in [4.69, 9.17) is 9.47 Å². The third-order valence-electron chi connectivity index (χ3n) is 4.60. The summed E-state index contributed by atoms with van der Waals surface area (Å²) in [6.45, 7) is 6.84. The molecule has 0 aromatic heterocycles. The monoisotopic (exact) mass is 416 g/mol. The van der Waals surface area contributed by atoms with Crippen LogP contribution in [0.3, 0.4) is 0 Å². The van der Waals surface area contributed by atoms with Crippen molar-refractivity contribution in [3.8, 4) is 11.5 Å². The highest BCUT2D eigenvalue weighted by Gasteiger charge is 2.13. The number of nitrogens with zero attached hydrogens (tertiary/aromatic N) is 1. The molecule has 0 heterocycles. The molecule has 0 fully saturated rings. The largest absolute Gasteiger partial charge is 0.489 e. The maximum atomic E-state index is 12.0. The quantitative estimate of drug-likeness (QED) is 0.411. The standard InChI is InChI=1S/C26H28N2O3/c1-26(2,3)22-12-14-23(15-13-22)31-19-25(29)28-27-17-21-10-7-11-24(16-21)30-18-20-8-5-4-6-9-20/h4-17H,18-19H2,1-3H3,(H,28,29)/b27-17-. The second-order valence-corrected chi connectivity index (χ2v) is 8.20. The van der Waals surface area contributed by atoms with Crippen molar-refractivity contribution in [3.63, 3.8) is 0 Å². The molecule has 3 aromatic carbocycles. The Kier molecular flexibility index (Phi) is 7.44. The summed E-state index contributed by atoms with van der Waals surface area (Å²) in [5, 5.41) is 4.00. The van der Waals surface area contributed by atoms with E-state index in [9.17, 15) is 4.79 Å². The van der Waals surface area contributed by atoms with Crippen LogP contribution in [0.2, 0.25) is 0 Å². The van der Waals surface area contributed by atoms with Crippen LogP contribution in [0, 0.1) is 0 Å². The lowest BCUT2D eigenvalue weighted by atomic mass is 9.87. The summed E-state index contributed by atoms with van der Waals surface area (Å²) in [7, 11) is 0. The molecule has 1 amide bonds. The highest BCUT2D eigenvalue weighted by atomic mass is 16.5. The zero-order valence-electron chi connectivity index (χ0n) is 18.2. The second-order valence-electron chi connectivity index (χ2n) is 8.20. The smallest absolute Gasteiger partial charge is 0.277 e. The van der Waals surface area contributed by atoms with Crippen molar-refractivity contribution in [2.24, 2.45) is 5.10 Å². The van der Waals surface area contributed by atoms with Crippen molar-refractivity contribution < 1.29 is 14.3 Å². The average Bonchev–Trinajstić information content (AvgIpc) is 2.77. The van der Waals surface area contributed by atoms with E-state index in [-0.39, 0.29) is 17.9 Å². The Morgan fingerprint density at radius 3 is 2.35 bits per heavy atom. The molecular formula is C26H28N2O3. The second kappa shape index (κ2) is 10.4. The van der Waals surface area contributed by atoms with Crippen molar-refractivity contribution in [3.05, 3.63) is 95.6 Å². The molecule has 0 radical (unpaired) electrons. The number of nitrogens with one attached hydrogen (secondary N) is 1. The molecule has 1 N–H and O–H groups in total. The summed E-state index contributed by atoms with van der Waals surface area (Å²) in [6.07, 6.45) is 1.57. The summed E-state index contributed by atoms with van der Waals surface area (Å²) < 4.78 is 11.3. The van der Waals surface area contributed by atoms with E-state index >= 15 is 0 Å². The molecule has 0 bridgehead atoms. The molecule has 0 aliphatic heterocycles. The van der Waals surface area contributed by atoms with Crippen molar-refractivity contribution in [1.82, 2.24) is 5.43 Å². The minimum absolute atomic E-state index is 0.0779. The summed E-state index contributed by atoms with van der Waals surface area (Å²) in [5.74, 6) is 1.06. The van der Waals surface area contributed by atoms with Gasteiger partial charge in [-0.3, -0.25) is 4.79 Å². The highest BCUT2D eigenvalue weighted by molar-refractivity contribution is 5.83. The summed E-state index contributed by atoms with van der Waals surface area (Å²) in [5.41, 5.74) is 5.69. The number of carbonyl (C=O) groups excluding carboxylic acids is 1. The maximum Gasteiger partial charge on any atom is 0.277 e. The van der Waals surface area contributed by atoms with Gasteiger partial charge in [0.2, 0.25) is 0 Å². The number of hydrazone groups is 1. The number of rotatable bonds is 8. The Balaban J connectivity index is 1.45. The lowest BCUT2D eigenvalue weighted by molar-refractivity contribution is -0.123. The molecule has 0 unspecified atom stereocenters. The molecule has 5 heteroatoms. The van der Waals surface area contributed by atoms with Crippen LogP contribution in [0.1, 0.15) is 37.5 Å². The Bertz CT molecular complexity index is 1010. The Morgan fingerprint density at radius 2 is 1.65 bits per heavy atom. The van der Waals surface area contributed by atoms with Gasteiger partial charge in [-0.2, -0.15) is 5.10 Å². The lowest BCUT2D eigenvalue weighted by Gasteiger charge is -2.19. The van der Waals surface area contributed by atoms with Crippen LogP contribution in [0.5, 0.6) is 11.5 Å². The molecule has 3 rings (SSSR count). The van der Waals surface area contributed by atoms with Crippen LogP contribution in [-0.4, -0.2) is 18.7 Å². The van der Waals surface area contributed by atoms with Gasteiger partial charge >= 0.3 is 0 Å². The van der Waals surface area contributed by atoms with Gasteiger partial charge in [0.25, 0.3) is 5.91 Å². The molecule has 0 saturated heterocycles. The van der Waals surface area contributed by atoms with Gasteiger partial charge in [-0.25, -0.2) is 5.43 Å². The van der Waals surface area contributed by atoms with Gasteiger partial charge in [0, 0.05) is 0 Å². The Labute approximate surface area is 183 Å². The highest BCUT2D eigenvalue weighted by Crippen LogP contribution is 2.24. The van der Waals surface area contributed by atoms with E-state index in [0.717, 1.165) is 16.9 Å². The van der Waals surface area contributed by atoms with Crippen LogP contribution in [0.25, 0.3) is 0 Å². The third kappa shape index (κ3) is 7.30. The van der Waals surface area contributed by atoms with Crippen LogP contribution >= 0.6 is 0 Å². The molecule has 3 aromatic rings. The molecule has 5 nitrogen and oxygen atoms in total. The Morgan fingerprint density at radius 1 is 0.903 bits per heavy atom. The van der Waals surface area contributed by atoms with Crippen molar-refractivity contribution in [1.29, 1.82) is 0 Å². The molecule has 0 atom stereocenters. The molecule has 0 saturated carbocycles. The minimum atomic E-state index is -0.326. The predicted octanol–water partition coefficient (Wildman–Crippen LogP) is 5.09. The first-order chi connectivity index (χ1) is 14.9. The number of benzene rings is 3. The topological polar surface area (TPSA) is 59.9 Å². The zero-order chi connectivity index (χ0) is 22.1. The first-order valence-electron chi connectivity index (χ1n) is 10.2. The fourth-order valence-corrected chi connectivity index (χ4v) is 2.84. The Hall–Kier alpha value is -3.60. The van der Waals surface area contributed by atoms with Gasteiger partial charge in [0.05, 0.1) is 6.21 Å². The number of amides is 1. The molecule has 0 aliphatic rings. The maximum absolute atomic E-state index is 12.0. The molecule has 160 valence electrons. The number of carbonyl (C=O) groups is 1. The van der Waals surface area contributed by atoms with Crippen molar-refractivity contribution in [2.45, 2.75) is 32.8 Å². The van der Waals surface area contributed by atoms with Crippen LogP contribution in [-0.2, 0) is 16.8 Å². The summed E-state index contributed by atoms with van der Waals surface area (Å²) >= 11 is 0. The van der Waals surface area contributed by atoms with E-state index in [2.05, 4.69) is 31.3 Å². The van der Waals surface area contributed by atoms with E-state index in [1.54, 1.807) is 6.21 Å². The van der Waals surface area contributed by atoms with Crippen LogP contribution in [0.15, 0.2) is 84.0 Å². The SMILES string of the molecule is CC(C)(C)c1ccc(OCC(=O)N/N=C\c2cccc(OCc3ccccc3)c2)cc1. The van der Waals surface area contributed by atoms with E-state index < -0.39 is 0 Å². The third-order valence-corrected chi connectivity index (χ3v) is 4.60. The van der Waals surface area contributed by atoms with Gasteiger partial charge in [-0.15, -0.1) is 0 Å². The van der Waals surface area contributed by atoms with E-state index in [1.807, 2.05) is 78.9 Å². The average molecular weight is 417 g/mol. The number of hydrogen-bond acceptors (Lipinski definition) is 4. The van der Waals surface area contributed by atoms with Crippen molar-refractivity contribution in [2.75, 3.05) is 6.61 Å². The van der Waals surface area contributed by atoms with Crippen LogP contribution < -0.4 is 14.9 Å². The summed E-state index contributed by atoms with van der Waals surface area (Å²) in [6, 6.07) is 25.3. The lowest BCUT2D eigenvalue weighted by Crippen LogP contribution is -2.24. The van der Waals surface area contributed by atoms with E-state index in [0.29, 0.717) is 12.4 Å². The molecule has 0 spiro atoms. The van der Waals surface area contributed by atoms with Gasteiger partial charge in [-0.05, 0) is 46.4 Å². The minimum Gasteiger partial charge on any atom is -0.489 e. The fourth-order valence-electron chi connectivity index (χ4n) is 2.84. The van der Waals surface area contributed by atoms with Gasteiger partial charge in [0.1, 0.15) is 18.1 Å². The predicted molar refractivity (Wildman–Crippen MR) is 124 cm³/mol. The summed E-state index contributed by atoms with van der Waals surface area (Å²) in [4.78, 5) is 12.0. The first-order valence-corrected chi connectivity index (χ1v) is 10.2. The normalized spacial score (nSPS) is 11.3. The molecule has 31 heavy (non-hydrogen) atoms. The number of ether oxygens (including phenoxy) is 2. The van der Waals surface area contributed by atoms with Gasteiger partial charge in [-0.1, -0.05) is 75.4 Å². The fraction of sp³-hybridized carbons (Fsp3) is 0.231.